The van der Waals surface area contributed by atoms with Crippen LogP contribution in [0.25, 0.3) is 5.65 Å². The number of hydrazine groups is 1. The van der Waals surface area contributed by atoms with Gasteiger partial charge in [-0.3, -0.25) is 25.2 Å². The van der Waals surface area contributed by atoms with Crippen LogP contribution < -0.4 is 16.4 Å². The Morgan fingerprint density at radius 2 is 1.86 bits per heavy atom. The third-order valence-corrected chi connectivity index (χ3v) is 6.34. The van der Waals surface area contributed by atoms with Crippen LogP contribution in [0.3, 0.4) is 0 Å². The van der Waals surface area contributed by atoms with Crippen molar-refractivity contribution < 1.29 is 19.1 Å². The molecule has 12 heteroatoms. The summed E-state index contributed by atoms with van der Waals surface area (Å²) < 4.78 is 6.97. The number of aromatic amines is 1. The summed E-state index contributed by atoms with van der Waals surface area (Å²) in [6.45, 7) is 6.40. The maximum atomic E-state index is 12.8. The number of benzene rings is 1. The van der Waals surface area contributed by atoms with Gasteiger partial charge in [-0.1, -0.05) is 29.8 Å². The molecule has 1 aliphatic heterocycles. The van der Waals surface area contributed by atoms with Crippen molar-refractivity contribution in [1.29, 1.82) is 0 Å². The molecule has 0 unspecified atom stereocenters. The minimum absolute atomic E-state index is 0.0162. The molecule has 1 aromatic carbocycles. The number of H-pyrrole nitrogens is 1. The van der Waals surface area contributed by atoms with Gasteiger partial charge in [0.2, 0.25) is 5.91 Å². The number of hydrogen-bond acceptors (Lipinski definition) is 6. The molecule has 3 heterocycles. The normalized spacial score (nSPS) is 14.4. The molecule has 37 heavy (non-hydrogen) atoms. The second kappa shape index (κ2) is 10.6. The van der Waals surface area contributed by atoms with Crippen molar-refractivity contribution in [2.75, 3.05) is 13.1 Å². The van der Waals surface area contributed by atoms with E-state index in [1.54, 1.807) is 29.2 Å². The first kappa shape index (κ1) is 26.2. The highest BCUT2D eigenvalue weighted by atomic mass is 35.5. The van der Waals surface area contributed by atoms with Gasteiger partial charge in [0.15, 0.2) is 0 Å². The molecule has 11 nitrogen and oxygen atoms in total. The zero-order chi connectivity index (χ0) is 26.7. The third-order valence-electron chi connectivity index (χ3n) is 5.97. The minimum Gasteiger partial charge on any atom is -0.444 e. The van der Waals surface area contributed by atoms with Crippen LogP contribution >= 0.6 is 11.6 Å². The Hall–Kier alpha value is -3.86. The molecule has 0 bridgehead atoms. The number of fused-ring (bicyclic) bond motifs is 1. The van der Waals surface area contributed by atoms with Gasteiger partial charge in [0.25, 0.3) is 11.5 Å². The first-order valence-electron chi connectivity index (χ1n) is 11.9. The average Bonchev–Trinajstić information content (AvgIpc) is 3.26. The van der Waals surface area contributed by atoms with Crippen LogP contribution in [0.15, 0.2) is 41.3 Å². The Balaban J connectivity index is 1.44. The van der Waals surface area contributed by atoms with Crippen molar-refractivity contribution in [1.82, 2.24) is 30.3 Å². The van der Waals surface area contributed by atoms with Crippen LogP contribution in [0.4, 0.5) is 4.79 Å². The Bertz CT molecular complexity index is 1380. The number of amides is 3. The number of ether oxygens (including phenoxy) is 1. The van der Waals surface area contributed by atoms with Crippen LogP contribution in [0.2, 0.25) is 5.02 Å². The van der Waals surface area contributed by atoms with Gasteiger partial charge in [-0.05, 0) is 45.2 Å². The summed E-state index contributed by atoms with van der Waals surface area (Å²) >= 11 is 6.08. The number of aromatic nitrogens is 3. The molecular formula is C25H29ClN6O5. The van der Waals surface area contributed by atoms with Crippen LogP contribution in [0.5, 0.6) is 0 Å². The first-order chi connectivity index (χ1) is 17.5. The zero-order valence-electron chi connectivity index (χ0n) is 20.8. The summed E-state index contributed by atoms with van der Waals surface area (Å²) in [6.07, 6.45) is 2.17. The van der Waals surface area contributed by atoms with Gasteiger partial charge in [0.1, 0.15) is 16.8 Å². The fourth-order valence-corrected chi connectivity index (χ4v) is 4.41. The second-order valence-electron chi connectivity index (χ2n) is 9.89. The van der Waals surface area contributed by atoms with Crippen molar-refractivity contribution in [3.63, 3.8) is 0 Å². The zero-order valence-corrected chi connectivity index (χ0v) is 21.6. The molecule has 1 aliphatic rings. The number of carbonyl (C=O) groups excluding carboxylic acids is 3. The van der Waals surface area contributed by atoms with Crippen LogP contribution in [0.1, 0.15) is 61.1 Å². The molecule has 2 aromatic heterocycles. The van der Waals surface area contributed by atoms with Gasteiger partial charge in [0, 0.05) is 30.1 Å². The maximum Gasteiger partial charge on any atom is 0.410 e. The van der Waals surface area contributed by atoms with E-state index >= 15 is 0 Å². The highest BCUT2D eigenvalue weighted by Gasteiger charge is 2.29. The Kier molecular flexibility index (Phi) is 7.53. The topological polar surface area (TPSA) is 138 Å². The lowest BCUT2D eigenvalue weighted by Gasteiger charge is -2.33. The molecule has 196 valence electrons. The van der Waals surface area contributed by atoms with Crippen LogP contribution in [-0.4, -0.2) is 56.1 Å². The van der Waals surface area contributed by atoms with E-state index in [9.17, 15) is 19.2 Å². The molecule has 3 aromatic rings. The van der Waals surface area contributed by atoms with Gasteiger partial charge in [0.05, 0.1) is 18.3 Å². The number of likely N-dealkylation sites (tertiary alicyclic amines) is 1. The van der Waals surface area contributed by atoms with Crippen molar-refractivity contribution in [3.8, 4) is 0 Å². The van der Waals surface area contributed by atoms with E-state index in [1.165, 1.54) is 16.8 Å². The fraction of sp³-hybridized carbons (Fsp3) is 0.400. The van der Waals surface area contributed by atoms with Gasteiger partial charge >= 0.3 is 6.09 Å². The highest BCUT2D eigenvalue weighted by molar-refractivity contribution is 6.31. The monoisotopic (exact) mass is 528 g/mol. The standard InChI is InChI=1S/C25H29ClN6O5/c1-25(2,3)37-24(36)31-10-8-15(9-11-31)19-13-20(33)28-22-17(14-27-32(19)22)23(35)30-29-21(34)12-16-6-4-5-7-18(16)26/h4-7,13-15H,8-12H2,1-3H3,(H,28,33)(H,29,34)(H,30,35). The number of nitrogens with zero attached hydrogens (tertiary/aromatic N) is 3. The smallest absolute Gasteiger partial charge is 0.410 e. The van der Waals surface area contributed by atoms with Gasteiger partial charge < -0.3 is 14.6 Å². The third kappa shape index (κ3) is 6.29. The van der Waals surface area contributed by atoms with E-state index in [-0.39, 0.29) is 35.2 Å². The van der Waals surface area contributed by atoms with Crippen LogP contribution in [-0.2, 0) is 16.0 Å². The Morgan fingerprint density at radius 3 is 2.54 bits per heavy atom. The summed E-state index contributed by atoms with van der Waals surface area (Å²) in [5, 5.41) is 4.77. The Labute approximate surface area is 218 Å². The van der Waals surface area contributed by atoms with Crippen molar-refractivity contribution in [3.05, 3.63) is 68.7 Å². The lowest BCUT2D eigenvalue weighted by molar-refractivity contribution is -0.121. The van der Waals surface area contributed by atoms with E-state index in [0.29, 0.717) is 42.2 Å². The minimum atomic E-state index is -0.630. The van der Waals surface area contributed by atoms with E-state index in [2.05, 4.69) is 20.9 Å². The molecule has 0 radical (unpaired) electrons. The SMILES string of the molecule is CC(C)(C)OC(=O)N1CCC(c2cc(=O)[nH]c3c(C(=O)NNC(=O)Cc4ccccc4Cl)cnn23)CC1. The van der Waals surface area contributed by atoms with E-state index in [4.69, 9.17) is 16.3 Å². The number of halogens is 1. The lowest BCUT2D eigenvalue weighted by atomic mass is 9.93. The van der Waals surface area contributed by atoms with E-state index in [0.717, 1.165) is 0 Å². The molecule has 1 saturated heterocycles. The van der Waals surface area contributed by atoms with E-state index in [1.807, 2.05) is 20.8 Å². The number of hydrogen-bond donors (Lipinski definition) is 3. The largest absolute Gasteiger partial charge is 0.444 e. The Morgan fingerprint density at radius 1 is 1.16 bits per heavy atom. The molecule has 1 fully saturated rings. The number of carbonyl (C=O) groups is 3. The highest BCUT2D eigenvalue weighted by Crippen LogP contribution is 2.28. The summed E-state index contributed by atoms with van der Waals surface area (Å²) in [5.41, 5.74) is 5.34. The summed E-state index contributed by atoms with van der Waals surface area (Å²) in [5.74, 6) is -1.13. The fourth-order valence-electron chi connectivity index (χ4n) is 4.21. The van der Waals surface area contributed by atoms with Crippen molar-refractivity contribution in [2.45, 2.75) is 51.6 Å². The molecule has 0 saturated carbocycles. The van der Waals surface area contributed by atoms with Crippen molar-refractivity contribution >= 4 is 35.2 Å². The quantitative estimate of drug-likeness (QED) is 0.445. The summed E-state index contributed by atoms with van der Waals surface area (Å²) in [7, 11) is 0. The molecule has 4 rings (SSSR count). The lowest BCUT2D eigenvalue weighted by Crippen LogP contribution is -2.42. The average molecular weight is 529 g/mol. The van der Waals surface area contributed by atoms with Crippen molar-refractivity contribution in [2.24, 2.45) is 0 Å². The number of piperidine rings is 1. The molecule has 0 spiro atoms. The second-order valence-corrected chi connectivity index (χ2v) is 10.3. The maximum absolute atomic E-state index is 12.8. The van der Waals surface area contributed by atoms with Crippen LogP contribution in [0, 0.1) is 0 Å². The predicted octanol–water partition coefficient (Wildman–Crippen LogP) is 2.79. The number of nitrogens with one attached hydrogen (secondary N) is 3. The molecule has 3 N–H and O–H groups in total. The summed E-state index contributed by atoms with van der Waals surface area (Å²) in [4.78, 5) is 54.2. The molecular weight excluding hydrogens is 500 g/mol. The molecule has 3 amide bonds. The van der Waals surface area contributed by atoms with Gasteiger partial charge in [-0.15, -0.1) is 0 Å². The van der Waals surface area contributed by atoms with Gasteiger partial charge in [-0.25, -0.2) is 9.31 Å². The number of rotatable bonds is 4. The molecule has 0 aliphatic carbocycles. The first-order valence-corrected chi connectivity index (χ1v) is 12.3. The van der Waals surface area contributed by atoms with E-state index < -0.39 is 17.4 Å². The predicted molar refractivity (Wildman–Crippen MR) is 136 cm³/mol. The summed E-state index contributed by atoms with van der Waals surface area (Å²) in [6, 6.07) is 8.38. The molecule has 0 atom stereocenters. The van der Waals surface area contributed by atoms with Gasteiger partial charge in [-0.2, -0.15) is 5.10 Å².